The average molecular weight is 231 g/mol. The van der Waals surface area contributed by atoms with Crippen LogP contribution in [0.25, 0.3) is 0 Å². The van der Waals surface area contributed by atoms with Gasteiger partial charge in [-0.05, 0) is 31.0 Å². The van der Waals surface area contributed by atoms with Crippen LogP contribution < -0.4 is 11.1 Å². The van der Waals surface area contributed by atoms with Gasteiger partial charge in [-0.2, -0.15) is 5.21 Å². The number of carbonyl (C=O) groups excluding carboxylic acids is 1. The predicted octanol–water partition coefficient (Wildman–Crippen LogP) is 1.26. The zero-order chi connectivity index (χ0) is 12.4. The molecule has 1 aromatic carbocycles. The fourth-order valence-corrected chi connectivity index (χ4v) is 1.46. The van der Waals surface area contributed by atoms with Crippen molar-refractivity contribution in [2.75, 3.05) is 11.1 Å². The summed E-state index contributed by atoms with van der Waals surface area (Å²) in [6.45, 7) is 3.88. The van der Waals surface area contributed by atoms with Gasteiger partial charge in [0.1, 0.15) is 0 Å². The van der Waals surface area contributed by atoms with E-state index in [9.17, 15) is 4.79 Å². The molecule has 88 valence electrons. The Kier molecular flexibility index (Phi) is 2.78. The highest BCUT2D eigenvalue weighted by Crippen LogP contribution is 2.17. The Hall–Kier alpha value is -2.37. The third-order valence-electron chi connectivity index (χ3n) is 2.43. The first-order valence-corrected chi connectivity index (χ1v) is 5.13. The van der Waals surface area contributed by atoms with Crippen molar-refractivity contribution >= 4 is 17.4 Å². The van der Waals surface area contributed by atoms with Gasteiger partial charge >= 0.3 is 0 Å². The summed E-state index contributed by atoms with van der Waals surface area (Å²) in [7, 11) is 0. The molecule has 0 saturated carbocycles. The summed E-state index contributed by atoms with van der Waals surface area (Å²) in [6.07, 6.45) is 0. The topological polar surface area (TPSA) is 96.7 Å². The van der Waals surface area contributed by atoms with Gasteiger partial charge in [0.25, 0.3) is 5.91 Å². The summed E-state index contributed by atoms with van der Waals surface area (Å²) in [4.78, 5) is 11.8. The second-order valence-electron chi connectivity index (χ2n) is 3.83. The molecule has 2 rings (SSSR count). The fourth-order valence-electron chi connectivity index (χ4n) is 1.46. The minimum absolute atomic E-state index is 0.0906. The minimum Gasteiger partial charge on any atom is -0.380 e. The number of rotatable bonds is 2. The second-order valence-corrected chi connectivity index (χ2v) is 3.83. The number of hydrogen-bond donors (Lipinski definition) is 3. The quantitative estimate of drug-likeness (QED) is 0.724. The molecule has 1 heterocycles. The largest absolute Gasteiger partial charge is 0.380 e. The van der Waals surface area contributed by atoms with Crippen LogP contribution in [0, 0.1) is 13.8 Å². The summed E-state index contributed by atoms with van der Waals surface area (Å²) in [5, 5.41) is 12.3. The lowest BCUT2D eigenvalue weighted by atomic mass is 10.1. The number of H-pyrrole nitrogens is 1. The van der Waals surface area contributed by atoms with E-state index in [-0.39, 0.29) is 17.4 Å². The maximum absolute atomic E-state index is 11.8. The Labute approximate surface area is 98.2 Å². The number of aromatic nitrogens is 3. The van der Waals surface area contributed by atoms with Gasteiger partial charge < -0.3 is 11.1 Å². The first-order valence-electron chi connectivity index (χ1n) is 5.13. The van der Waals surface area contributed by atoms with Crippen LogP contribution in [-0.4, -0.2) is 21.3 Å². The fraction of sp³-hybridized carbons (Fsp3) is 0.182. The summed E-state index contributed by atoms with van der Waals surface area (Å²) >= 11 is 0. The van der Waals surface area contributed by atoms with Gasteiger partial charge in [0.15, 0.2) is 11.5 Å². The number of carbonyl (C=O) groups is 1. The molecule has 0 unspecified atom stereocenters. The standard InChI is InChI=1S/C11H13N5O/c1-6-3-4-7(2)8(5-6)13-11(17)9-10(12)15-16-14-9/h3-5H,1-2H3,(H,13,17)(H3,12,14,15,16). The molecule has 0 atom stereocenters. The third-order valence-corrected chi connectivity index (χ3v) is 2.43. The smallest absolute Gasteiger partial charge is 0.280 e. The van der Waals surface area contributed by atoms with E-state index in [1.807, 2.05) is 32.0 Å². The number of anilines is 2. The number of nitrogen functional groups attached to an aromatic ring is 1. The van der Waals surface area contributed by atoms with Crippen molar-refractivity contribution in [3.63, 3.8) is 0 Å². The van der Waals surface area contributed by atoms with E-state index < -0.39 is 0 Å². The zero-order valence-corrected chi connectivity index (χ0v) is 9.61. The van der Waals surface area contributed by atoms with Crippen molar-refractivity contribution in [2.24, 2.45) is 0 Å². The minimum atomic E-state index is -0.370. The normalized spacial score (nSPS) is 10.2. The Morgan fingerprint density at radius 3 is 2.76 bits per heavy atom. The number of aryl methyl sites for hydroxylation is 2. The molecule has 0 radical (unpaired) electrons. The molecule has 0 spiro atoms. The van der Waals surface area contributed by atoms with E-state index in [1.54, 1.807) is 0 Å². The molecule has 0 bridgehead atoms. The molecule has 0 aliphatic rings. The number of aromatic amines is 1. The monoisotopic (exact) mass is 231 g/mol. The van der Waals surface area contributed by atoms with Gasteiger partial charge in [-0.1, -0.05) is 12.1 Å². The van der Waals surface area contributed by atoms with Crippen LogP contribution in [0.1, 0.15) is 21.6 Å². The lowest BCUT2D eigenvalue weighted by Crippen LogP contribution is -2.15. The molecular formula is C11H13N5O. The molecule has 17 heavy (non-hydrogen) atoms. The Morgan fingerprint density at radius 1 is 1.35 bits per heavy atom. The molecule has 6 heteroatoms. The molecule has 1 amide bonds. The average Bonchev–Trinajstić information content (AvgIpc) is 2.70. The van der Waals surface area contributed by atoms with E-state index in [4.69, 9.17) is 5.73 Å². The van der Waals surface area contributed by atoms with Crippen LogP contribution in [0.3, 0.4) is 0 Å². The van der Waals surface area contributed by atoms with Crippen molar-refractivity contribution in [1.29, 1.82) is 0 Å². The maximum atomic E-state index is 11.8. The van der Waals surface area contributed by atoms with Crippen LogP contribution in [0.2, 0.25) is 0 Å². The number of nitrogens with zero attached hydrogens (tertiary/aromatic N) is 2. The van der Waals surface area contributed by atoms with Crippen LogP contribution in [-0.2, 0) is 0 Å². The highest BCUT2D eigenvalue weighted by atomic mass is 16.2. The van der Waals surface area contributed by atoms with Crippen LogP contribution in [0.4, 0.5) is 11.5 Å². The first-order chi connectivity index (χ1) is 8.08. The Balaban J connectivity index is 2.24. The summed E-state index contributed by atoms with van der Waals surface area (Å²) in [5.74, 6) is -0.280. The molecule has 0 saturated heterocycles. The van der Waals surface area contributed by atoms with E-state index in [1.165, 1.54) is 0 Å². The zero-order valence-electron chi connectivity index (χ0n) is 9.61. The van der Waals surface area contributed by atoms with Gasteiger partial charge in [-0.25, -0.2) is 0 Å². The molecule has 2 aromatic rings. The van der Waals surface area contributed by atoms with Gasteiger partial charge in [0.05, 0.1) is 0 Å². The second kappa shape index (κ2) is 4.25. The third kappa shape index (κ3) is 2.25. The SMILES string of the molecule is Cc1ccc(C)c(NC(=O)c2n[nH]nc2N)c1. The van der Waals surface area contributed by atoms with E-state index >= 15 is 0 Å². The molecule has 0 aliphatic heterocycles. The number of amides is 1. The summed E-state index contributed by atoms with van der Waals surface area (Å²) in [5.41, 5.74) is 8.39. The molecular weight excluding hydrogens is 218 g/mol. The van der Waals surface area contributed by atoms with Crippen molar-refractivity contribution in [1.82, 2.24) is 15.4 Å². The van der Waals surface area contributed by atoms with Crippen LogP contribution in [0.15, 0.2) is 18.2 Å². The van der Waals surface area contributed by atoms with Crippen LogP contribution >= 0.6 is 0 Å². The van der Waals surface area contributed by atoms with Crippen molar-refractivity contribution in [3.8, 4) is 0 Å². The van der Waals surface area contributed by atoms with Crippen molar-refractivity contribution in [2.45, 2.75) is 13.8 Å². The van der Waals surface area contributed by atoms with Gasteiger partial charge in [-0.15, -0.1) is 10.2 Å². The van der Waals surface area contributed by atoms with E-state index in [2.05, 4.69) is 20.7 Å². The lowest BCUT2D eigenvalue weighted by Gasteiger charge is -2.07. The van der Waals surface area contributed by atoms with Crippen molar-refractivity contribution < 1.29 is 4.79 Å². The highest BCUT2D eigenvalue weighted by molar-refractivity contribution is 6.05. The summed E-state index contributed by atoms with van der Waals surface area (Å²) < 4.78 is 0. The first kappa shape index (κ1) is 11.1. The lowest BCUT2D eigenvalue weighted by molar-refractivity contribution is 0.102. The number of benzene rings is 1. The predicted molar refractivity (Wildman–Crippen MR) is 64.7 cm³/mol. The van der Waals surface area contributed by atoms with Crippen molar-refractivity contribution in [3.05, 3.63) is 35.0 Å². The maximum Gasteiger partial charge on any atom is 0.280 e. The highest BCUT2D eigenvalue weighted by Gasteiger charge is 2.14. The molecule has 0 fully saturated rings. The Bertz CT molecular complexity index is 561. The van der Waals surface area contributed by atoms with E-state index in [0.29, 0.717) is 0 Å². The van der Waals surface area contributed by atoms with Gasteiger partial charge in [0, 0.05) is 5.69 Å². The van der Waals surface area contributed by atoms with Crippen LogP contribution in [0.5, 0.6) is 0 Å². The molecule has 0 aliphatic carbocycles. The van der Waals surface area contributed by atoms with E-state index in [0.717, 1.165) is 16.8 Å². The number of nitrogens with one attached hydrogen (secondary N) is 2. The molecule has 1 aromatic heterocycles. The molecule has 6 nitrogen and oxygen atoms in total. The van der Waals surface area contributed by atoms with Gasteiger partial charge in [0.2, 0.25) is 0 Å². The van der Waals surface area contributed by atoms with Gasteiger partial charge in [-0.3, -0.25) is 4.79 Å². The molecule has 4 N–H and O–H groups in total. The Morgan fingerprint density at radius 2 is 2.12 bits per heavy atom. The summed E-state index contributed by atoms with van der Waals surface area (Å²) in [6, 6.07) is 5.82. The number of nitrogens with two attached hydrogens (primary N) is 1. The number of hydrogen-bond acceptors (Lipinski definition) is 4.